The summed E-state index contributed by atoms with van der Waals surface area (Å²) in [5.74, 6) is -0.542. The third kappa shape index (κ3) is 9.57. The Morgan fingerprint density at radius 1 is 1.15 bits per heavy atom. The molecule has 0 aromatic carbocycles. The Balaban J connectivity index is 3.97. The number of carbonyl (C=O) groups excluding carboxylic acids is 2. The molecule has 0 saturated heterocycles. The van der Waals surface area contributed by atoms with Gasteiger partial charge in [0.15, 0.2) is 0 Å². The lowest BCUT2D eigenvalue weighted by atomic mass is 10.2. The summed E-state index contributed by atoms with van der Waals surface area (Å²) in [6.45, 7) is 10.9. The first-order valence-electron chi connectivity index (χ1n) is 6.57. The van der Waals surface area contributed by atoms with Crippen LogP contribution in [-0.2, 0) is 23.7 Å². The Morgan fingerprint density at radius 2 is 1.75 bits per heavy atom. The van der Waals surface area contributed by atoms with Gasteiger partial charge in [0.05, 0.1) is 18.9 Å². The third-order valence-corrected chi connectivity index (χ3v) is 2.05. The lowest BCUT2D eigenvalue weighted by Gasteiger charge is -2.22. The van der Waals surface area contributed by atoms with Crippen LogP contribution in [0.25, 0.3) is 0 Å². The van der Waals surface area contributed by atoms with Gasteiger partial charge < -0.3 is 18.9 Å². The Bertz CT molecular complexity index is 312. The Kier molecular flexibility index (Phi) is 8.17. The topological polar surface area (TPSA) is 83.1 Å². The number of nitrogens with one attached hydrogen (secondary N) is 1. The molecule has 1 N–H and O–H groups in total. The summed E-state index contributed by atoms with van der Waals surface area (Å²) >= 11 is 0. The fraction of sp³-hybridized carbons (Fsp3) is 0.846. The van der Waals surface area contributed by atoms with Crippen molar-refractivity contribution in [2.75, 3.05) is 13.3 Å². The molecule has 7 heteroatoms. The van der Waals surface area contributed by atoms with Gasteiger partial charge in [-0.2, -0.15) is 0 Å². The van der Waals surface area contributed by atoms with Crippen molar-refractivity contribution in [2.45, 2.75) is 59.5 Å². The number of hydrogen-bond acceptors (Lipinski definition) is 7. The average Bonchev–Trinajstić information content (AvgIpc) is 2.26. The van der Waals surface area contributed by atoms with Crippen molar-refractivity contribution in [1.82, 2.24) is 5.32 Å². The van der Waals surface area contributed by atoms with Gasteiger partial charge in [0.1, 0.15) is 6.04 Å². The fourth-order valence-corrected chi connectivity index (χ4v) is 1.04. The summed E-state index contributed by atoms with van der Waals surface area (Å²) in [4.78, 5) is 22.7. The fourth-order valence-electron chi connectivity index (χ4n) is 1.04. The quantitative estimate of drug-likeness (QED) is 0.565. The molecule has 0 spiro atoms. The molecule has 0 aliphatic heterocycles. The van der Waals surface area contributed by atoms with E-state index in [1.165, 1.54) is 6.92 Å². The first-order valence-corrected chi connectivity index (χ1v) is 6.57. The minimum atomic E-state index is -1.01. The highest BCUT2D eigenvalue weighted by Gasteiger charge is 2.20. The Morgan fingerprint density at radius 3 is 2.25 bits per heavy atom. The molecule has 0 aromatic heterocycles. The molecule has 20 heavy (non-hydrogen) atoms. The highest BCUT2D eigenvalue weighted by atomic mass is 16.8. The van der Waals surface area contributed by atoms with Gasteiger partial charge in [-0.25, -0.2) is 4.79 Å². The highest BCUT2D eigenvalue weighted by Crippen LogP contribution is 2.05. The van der Waals surface area contributed by atoms with Crippen LogP contribution in [0.1, 0.15) is 41.5 Å². The number of rotatable bonds is 7. The van der Waals surface area contributed by atoms with Gasteiger partial charge in [0.25, 0.3) is 0 Å². The van der Waals surface area contributed by atoms with Gasteiger partial charge in [-0.3, -0.25) is 10.1 Å². The summed E-state index contributed by atoms with van der Waals surface area (Å²) in [7, 11) is 0. The number of hydrogen-bond donors (Lipinski definition) is 1. The molecule has 0 bridgehead atoms. The lowest BCUT2D eigenvalue weighted by Crippen LogP contribution is -2.40. The second-order valence-corrected chi connectivity index (χ2v) is 5.13. The maximum Gasteiger partial charge on any atom is 0.511 e. The molecule has 2 unspecified atom stereocenters. The molecule has 7 nitrogen and oxygen atoms in total. The summed E-state index contributed by atoms with van der Waals surface area (Å²) in [6, 6.07) is -0.578. The molecule has 2 atom stereocenters. The van der Waals surface area contributed by atoms with Crippen LogP contribution in [0.5, 0.6) is 0 Å². The SMILES string of the molecule is CCOC(=O)OC(C)OC(=O)C(C)NCOC(C)(C)C. The average molecular weight is 291 g/mol. The van der Waals surface area contributed by atoms with Gasteiger partial charge in [0.2, 0.25) is 6.29 Å². The molecular weight excluding hydrogens is 266 g/mol. The zero-order valence-electron chi connectivity index (χ0n) is 13.0. The van der Waals surface area contributed by atoms with Gasteiger partial charge in [-0.1, -0.05) is 0 Å². The molecule has 0 radical (unpaired) electrons. The first-order chi connectivity index (χ1) is 9.15. The predicted octanol–water partition coefficient (Wildman–Crippen LogP) is 1.80. The molecule has 0 rings (SSSR count). The van der Waals surface area contributed by atoms with Crippen LogP contribution in [0, 0.1) is 0 Å². The van der Waals surface area contributed by atoms with E-state index >= 15 is 0 Å². The van der Waals surface area contributed by atoms with Crippen LogP contribution in [0.4, 0.5) is 4.79 Å². The van der Waals surface area contributed by atoms with Gasteiger partial charge in [0, 0.05) is 6.92 Å². The van der Waals surface area contributed by atoms with Crippen molar-refractivity contribution in [3.63, 3.8) is 0 Å². The second kappa shape index (κ2) is 8.76. The predicted molar refractivity (Wildman–Crippen MR) is 72.0 cm³/mol. The minimum Gasteiger partial charge on any atom is -0.435 e. The van der Waals surface area contributed by atoms with E-state index in [4.69, 9.17) is 14.2 Å². The number of ether oxygens (including phenoxy) is 4. The van der Waals surface area contributed by atoms with Crippen molar-refractivity contribution in [2.24, 2.45) is 0 Å². The van der Waals surface area contributed by atoms with Crippen molar-refractivity contribution in [3.8, 4) is 0 Å². The molecule has 0 saturated carbocycles. The van der Waals surface area contributed by atoms with Gasteiger partial charge in [-0.05, 0) is 34.6 Å². The van der Waals surface area contributed by atoms with Crippen LogP contribution in [0.15, 0.2) is 0 Å². The normalized spacial score (nSPS) is 14.3. The minimum absolute atomic E-state index is 0.196. The van der Waals surface area contributed by atoms with E-state index in [9.17, 15) is 9.59 Å². The molecule has 0 heterocycles. The number of carbonyl (C=O) groups is 2. The van der Waals surface area contributed by atoms with Crippen LogP contribution >= 0.6 is 0 Å². The van der Waals surface area contributed by atoms with E-state index in [0.29, 0.717) is 0 Å². The molecule has 0 aliphatic rings. The summed E-state index contributed by atoms with van der Waals surface area (Å²) in [5.41, 5.74) is -0.295. The Hall–Kier alpha value is -1.34. The second-order valence-electron chi connectivity index (χ2n) is 5.13. The smallest absolute Gasteiger partial charge is 0.435 e. The van der Waals surface area contributed by atoms with E-state index in [-0.39, 0.29) is 18.9 Å². The van der Waals surface area contributed by atoms with Crippen LogP contribution in [-0.4, -0.2) is 43.4 Å². The van der Waals surface area contributed by atoms with E-state index < -0.39 is 24.5 Å². The molecule has 118 valence electrons. The van der Waals surface area contributed by atoms with Crippen molar-refractivity contribution >= 4 is 12.1 Å². The van der Waals surface area contributed by atoms with Crippen LogP contribution in [0.2, 0.25) is 0 Å². The third-order valence-electron chi connectivity index (χ3n) is 2.05. The van der Waals surface area contributed by atoms with E-state index in [0.717, 1.165) is 0 Å². The molecule has 0 amide bonds. The van der Waals surface area contributed by atoms with Crippen molar-refractivity contribution < 1.29 is 28.5 Å². The highest BCUT2D eigenvalue weighted by molar-refractivity contribution is 5.75. The molecule has 0 aliphatic carbocycles. The number of esters is 1. The maximum absolute atomic E-state index is 11.7. The lowest BCUT2D eigenvalue weighted by molar-refractivity contribution is -0.170. The van der Waals surface area contributed by atoms with E-state index in [1.54, 1.807) is 13.8 Å². The summed E-state index contributed by atoms with van der Waals surface area (Å²) in [5, 5.41) is 2.85. The zero-order chi connectivity index (χ0) is 15.8. The van der Waals surface area contributed by atoms with Crippen molar-refractivity contribution in [3.05, 3.63) is 0 Å². The van der Waals surface area contributed by atoms with E-state index in [2.05, 4.69) is 10.1 Å². The van der Waals surface area contributed by atoms with Crippen molar-refractivity contribution in [1.29, 1.82) is 0 Å². The van der Waals surface area contributed by atoms with Crippen LogP contribution < -0.4 is 5.32 Å². The van der Waals surface area contributed by atoms with Gasteiger partial charge >= 0.3 is 12.1 Å². The van der Waals surface area contributed by atoms with Gasteiger partial charge in [-0.15, -0.1) is 0 Å². The first kappa shape index (κ1) is 18.7. The van der Waals surface area contributed by atoms with Crippen LogP contribution in [0.3, 0.4) is 0 Å². The summed E-state index contributed by atoms with van der Waals surface area (Å²) < 4.78 is 19.6. The maximum atomic E-state index is 11.7. The molecule has 0 fully saturated rings. The Labute approximate surface area is 119 Å². The molecular formula is C13H25NO6. The van der Waals surface area contributed by atoms with E-state index in [1.807, 2.05) is 20.8 Å². The molecule has 0 aromatic rings. The largest absolute Gasteiger partial charge is 0.511 e. The zero-order valence-corrected chi connectivity index (χ0v) is 13.0. The monoisotopic (exact) mass is 291 g/mol. The summed E-state index contributed by atoms with van der Waals surface area (Å²) in [6.07, 6.45) is -1.88. The standard InChI is InChI=1S/C13H25NO6/c1-7-17-12(16)20-10(3)19-11(15)9(2)14-8-18-13(4,5)6/h9-10,14H,7-8H2,1-6H3.